The van der Waals surface area contributed by atoms with Crippen LogP contribution in [0.2, 0.25) is 0 Å². The number of nitro benzene ring substituents is 1. The molecule has 0 amide bonds. The Morgan fingerprint density at radius 1 is 1.47 bits per heavy atom. The van der Waals surface area contributed by atoms with Crippen LogP contribution >= 0.6 is 0 Å². The van der Waals surface area contributed by atoms with E-state index in [9.17, 15) is 10.1 Å². The standard InChI is InChI=1S/C10H14N2O3/c1-2-7-5-9(11)10(12(14)15)6-8(7)3-4-13/h5-6,13H,2-4,11H2,1H3. The highest BCUT2D eigenvalue weighted by Crippen LogP contribution is 2.26. The molecule has 0 saturated heterocycles. The van der Waals surface area contributed by atoms with Gasteiger partial charge in [0, 0.05) is 12.7 Å². The molecule has 0 fully saturated rings. The smallest absolute Gasteiger partial charge is 0.292 e. The van der Waals surface area contributed by atoms with Gasteiger partial charge in [0.25, 0.3) is 5.69 Å². The topological polar surface area (TPSA) is 89.4 Å². The zero-order valence-corrected chi connectivity index (χ0v) is 8.56. The van der Waals surface area contributed by atoms with E-state index in [4.69, 9.17) is 10.8 Å². The minimum absolute atomic E-state index is 0.0198. The molecule has 82 valence electrons. The summed E-state index contributed by atoms with van der Waals surface area (Å²) < 4.78 is 0. The molecule has 0 unspecified atom stereocenters. The molecule has 15 heavy (non-hydrogen) atoms. The minimum atomic E-state index is -0.504. The van der Waals surface area contributed by atoms with Crippen molar-refractivity contribution < 1.29 is 10.0 Å². The molecular formula is C10H14N2O3. The Kier molecular flexibility index (Phi) is 3.62. The van der Waals surface area contributed by atoms with Crippen molar-refractivity contribution in [2.45, 2.75) is 19.8 Å². The van der Waals surface area contributed by atoms with Crippen LogP contribution in [0, 0.1) is 10.1 Å². The third-order valence-corrected chi connectivity index (χ3v) is 2.31. The van der Waals surface area contributed by atoms with Crippen LogP contribution in [0.25, 0.3) is 0 Å². The van der Waals surface area contributed by atoms with Crippen molar-refractivity contribution in [2.24, 2.45) is 0 Å². The van der Waals surface area contributed by atoms with Gasteiger partial charge in [-0.05, 0) is 30.0 Å². The van der Waals surface area contributed by atoms with Crippen molar-refractivity contribution in [1.29, 1.82) is 0 Å². The summed E-state index contributed by atoms with van der Waals surface area (Å²) in [6, 6.07) is 3.06. The molecule has 0 atom stereocenters. The van der Waals surface area contributed by atoms with Crippen LogP contribution in [0.5, 0.6) is 0 Å². The van der Waals surface area contributed by atoms with E-state index in [0.717, 1.165) is 17.5 Å². The van der Waals surface area contributed by atoms with Crippen LogP contribution in [-0.4, -0.2) is 16.6 Å². The summed E-state index contributed by atoms with van der Waals surface area (Å²) in [6.45, 7) is 1.93. The lowest BCUT2D eigenvalue weighted by molar-refractivity contribution is -0.384. The number of nitrogens with zero attached hydrogens (tertiary/aromatic N) is 1. The summed E-state index contributed by atoms with van der Waals surface area (Å²) in [6.07, 6.45) is 1.17. The monoisotopic (exact) mass is 210 g/mol. The zero-order valence-electron chi connectivity index (χ0n) is 8.56. The number of nitrogen functional groups attached to an aromatic ring is 1. The van der Waals surface area contributed by atoms with E-state index in [2.05, 4.69) is 0 Å². The Balaban J connectivity index is 3.23. The van der Waals surface area contributed by atoms with E-state index in [1.165, 1.54) is 6.07 Å². The second kappa shape index (κ2) is 4.75. The Morgan fingerprint density at radius 2 is 2.13 bits per heavy atom. The first-order valence-corrected chi connectivity index (χ1v) is 4.76. The molecule has 0 aliphatic carbocycles. The number of rotatable bonds is 4. The third kappa shape index (κ3) is 2.44. The second-order valence-corrected chi connectivity index (χ2v) is 3.26. The molecule has 0 aliphatic rings. The number of aryl methyl sites for hydroxylation is 1. The van der Waals surface area contributed by atoms with E-state index in [0.29, 0.717) is 6.42 Å². The van der Waals surface area contributed by atoms with Crippen molar-refractivity contribution in [1.82, 2.24) is 0 Å². The van der Waals surface area contributed by atoms with Gasteiger partial charge < -0.3 is 10.8 Å². The van der Waals surface area contributed by atoms with Crippen LogP contribution < -0.4 is 5.73 Å². The maximum Gasteiger partial charge on any atom is 0.292 e. The van der Waals surface area contributed by atoms with Crippen molar-refractivity contribution in [3.63, 3.8) is 0 Å². The largest absolute Gasteiger partial charge is 0.396 e. The molecule has 1 rings (SSSR count). The van der Waals surface area contributed by atoms with Crippen LogP contribution in [0.1, 0.15) is 18.1 Å². The Labute approximate surface area is 87.7 Å². The number of nitro groups is 1. The van der Waals surface area contributed by atoms with Gasteiger partial charge in [-0.3, -0.25) is 10.1 Å². The fraction of sp³-hybridized carbons (Fsp3) is 0.400. The van der Waals surface area contributed by atoms with Crippen LogP contribution in [0.15, 0.2) is 12.1 Å². The molecular weight excluding hydrogens is 196 g/mol. The first-order valence-electron chi connectivity index (χ1n) is 4.76. The van der Waals surface area contributed by atoms with Crippen molar-refractivity contribution >= 4 is 11.4 Å². The lowest BCUT2D eigenvalue weighted by atomic mass is 10.0. The van der Waals surface area contributed by atoms with Crippen LogP contribution in [0.4, 0.5) is 11.4 Å². The van der Waals surface area contributed by atoms with Gasteiger partial charge in [-0.25, -0.2) is 0 Å². The first-order chi connectivity index (χ1) is 7.10. The first kappa shape index (κ1) is 11.5. The molecule has 0 radical (unpaired) electrons. The maximum absolute atomic E-state index is 10.6. The number of hydrogen-bond donors (Lipinski definition) is 2. The molecule has 5 nitrogen and oxygen atoms in total. The molecule has 0 saturated carbocycles. The van der Waals surface area contributed by atoms with Gasteiger partial charge in [0.2, 0.25) is 0 Å². The molecule has 0 heterocycles. The van der Waals surface area contributed by atoms with Gasteiger partial charge in [0.1, 0.15) is 5.69 Å². The Bertz CT molecular complexity index is 377. The van der Waals surface area contributed by atoms with E-state index in [1.807, 2.05) is 6.92 Å². The summed E-state index contributed by atoms with van der Waals surface area (Å²) in [5.41, 5.74) is 7.39. The Hall–Kier alpha value is -1.62. The maximum atomic E-state index is 10.6. The third-order valence-electron chi connectivity index (χ3n) is 2.31. The molecule has 0 aliphatic heterocycles. The summed E-state index contributed by atoms with van der Waals surface area (Å²) in [4.78, 5) is 10.1. The van der Waals surface area contributed by atoms with Gasteiger partial charge >= 0.3 is 0 Å². The molecule has 5 heteroatoms. The lowest BCUT2D eigenvalue weighted by Gasteiger charge is -2.08. The van der Waals surface area contributed by atoms with Crippen LogP contribution in [0.3, 0.4) is 0 Å². The highest BCUT2D eigenvalue weighted by atomic mass is 16.6. The molecule has 0 aromatic heterocycles. The quantitative estimate of drug-likeness (QED) is 0.445. The second-order valence-electron chi connectivity index (χ2n) is 3.26. The molecule has 1 aromatic rings. The highest BCUT2D eigenvalue weighted by molar-refractivity contribution is 5.61. The predicted molar refractivity (Wildman–Crippen MR) is 57.7 cm³/mol. The summed E-state index contributed by atoms with van der Waals surface area (Å²) in [5.74, 6) is 0. The highest BCUT2D eigenvalue weighted by Gasteiger charge is 2.14. The minimum Gasteiger partial charge on any atom is -0.396 e. The van der Waals surface area contributed by atoms with Gasteiger partial charge in [0.15, 0.2) is 0 Å². The number of hydrogen-bond acceptors (Lipinski definition) is 4. The van der Waals surface area contributed by atoms with Gasteiger partial charge in [-0.2, -0.15) is 0 Å². The molecule has 0 spiro atoms. The van der Waals surface area contributed by atoms with Gasteiger partial charge in [-0.15, -0.1) is 0 Å². The molecule has 0 bridgehead atoms. The van der Waals surface area contributed by atoms with E-state index in [1.54, 1.807) is 6.07 Å². The fourth-order valence-corrected chi connectivity index (χ4v) is 1.54. The number of aliphatic hydroxyl groups excluding tert-OH is 1. The Morgan fingerprint density at radius 3 is 2.60 bits per heavy atom. The van der Waals surface area contributed by atoms with E-state index < -0.39 is 4.92 Å². The van der Waals surface area contributed by atoms with Gasteiger partial charge in [0.05, 0.1) is 4.92 Å². The van der Waals surface area contributed by atoms with Crippen molar-refractivity contribution in [3.05, 3.63) is 33.4 Å². The normalized spacial score (nSPS) is 10.3. The summed E-state index contributed by atoms with van der Waals surface area (Å²) >= 11 is 0. The van der Waals surface area contributed by atoms with E-state index in [-0.39, 0.29) is 18.0 Å². The summed E-state index contributed by atoms with van der Waals surface area (Å²) in [7, 11) is 0. The lowest BCUT2D eigenvalue weighted by Crippen LogP contribution is -2.02. The average molecular weight is 210 g/mol. The fourth-order valence-electron chi connectivity index (χ4n) is 1.54. The van der Waals surface area contributed by atoms with Gasteiger partial charge in [-0.1, -0.05) is 6.92 Å². The average Bonchev–Trinajstić information content (AvgIpc) is 2.20. The molecule has 1 aromatic carbocycles. The van der Waals surface area contributed by atoms with E-state index >= 15 is 0 Å². The molecule has 3 N–H and O–H groups in total. The number of benzene rings is 1. The SMILES string of the molecule is CCc1cc(N)c([N+](=O)[O-])cc1CCO. The number of anilines is 1. The number of nitrogens with two attached hydrogens (primary N) is 1. The van der Waals surface area contributed by atoms with Crippen molar-refractivity contribution in [2.75, 3.05) is 12.3 Å². The summed E-state index contributed by atoms with van der Waals surface area (Å²) in [5, 5.41) is 19.5. The van der Waals surface area contributed by atoms with Crippen molar-refractivity contribution in [3.8, 4) is 0 Å². The number of aliphatic hydroxyl groups is 1. The van der Waals surface area contributed by atoms with Crippen LogP contribution in [-0.2, 0) is 12.8 Å². The predicted octanol–water partition coefficient (Wildman–Crippen LogP) is 1.27. The zero-order chi connectivity index (χ0) is 11.4.